The third-order valence-electron chi connectivity index (χ3n) is 4.33. The minimum absolute atomic E-state index is 0.180. The van der Waals surface area contributed by atoms with Crippen molar-refractivity contribution in [1.29, 1.82) is 0 Å². The van der Waals surface area contributed by atoms with Crippen molar-refractivity contribution in [2.24, 2.45) is 5.73 Å². The molecule has 0 saturated heterocycles. The number of methoxy groups -OCH3 is 3. The molecule has 6 heteroatoms. The van der Waals surface area contributed by atoms with E-state index in [1.54, 1.807) is 21.3 Å². The Bertz CT molecular complexity index is 819. The lowest BCUT2D eigenvalue weighted by Gasteiger charge is -2.16. The number of hydrogen-bond donors (Lipinski definition) is 1. The van der Waals surface area contributed by atoms with Gasteiger partial charge in [0, 0.05) is 17.9 Å². The van der Waals surface area contributed by atoms with Gasteiger partial charge in [0.05, 0.1) is 26.4 Å². The van der Waals surface area contributed by atoms with Crippen LogP contribution in [-0.2, 0) is 4.79 Å². The number of hydrogen-bond acceptors (Lipinski definition) is 4. The first-order chi connectivity index (χ1) is 11.5. The molecule has 0 saturated carbocycles. The van der Waals surface area contributed by atoms with Crippen LogP contribution < -0.4 is 19.9 Å². The highest BCUT2D eigenvalue weighted by Gasteiger charge is 2.34. The molecule has 0 bridgehead atoms. The number of carbonyl (C=O) groups is 1. The van der Waals surface area contributed by atoms with Crippen LogP contribution in [0.25, 0.3) is 11.1 Å². The normalized spacial score (nSPS) is 14.8. The summed E-state index contributed by atoms with van der Waals surface area (Å²) in [5.74, 6) is 1.13. The molecule has 0 aliphatic heterocycles. The largest absolute Gasteiger partial charge is 0.497 e. The average molecular weight is 348 g/mol. The van der Waals surface area contributed by atoms with Crippen LogP contribution in [0.5, 0.6) is 17.2 Å². The van der Waals surface area contributed by atoms with Crippen LogP contribution in [0.4, 0.5) is 0 Å². The van der Waals surface area contributed by atoms with Crippen LogP contribution in [-0.4, -0.2) is 27.2 Å². The maximum atomic E-state index is 11.6. The lowest BCUT2D eigenvalue weighted by Crippen LogP contribution is -2.15. The highest BCUT2D eigenvalue weighted by molar-refractivity contribution is 6.35. The lowest BCUT2D eigenvalue weighted by atomic mass is 9.93. The molecule has 1 amide bonds. The van der Waals surface area contributed by atoms with Gasteiger partial charge in [-0.1, -0.05) is 17.7 Å². The van der Waals surface area contributed by atoms with Gasteiger partial charge < -0.3 is 19.9 Å². The number of carbonyl (C=O) groups excluding carboxylic acids is 1. The Morgan fingerprint density at radius 3 is 2.46 bits per heavy atom. The molecule has 0 heterocycles. The predicted octanol–water partition coefficient (Wildman–Crippen LogP) is 3.35. The molecule has 2 aromatic rings. The maximum absolute atomic E-state index is 11.6. The van der Waals surface area contributed by atoms with E-state index in [2.05, 4.69) is 0 Å². The molecule has 5 nitrogen and oxygen atoms in total. The number of halogens is 1. The molecule has 24 heavy (non-hydrogen) atoms. The second-order valence-electron chi connectivity index (χ2n) is 5.57. The molecular weight excluding hydrogens is 330 g/mol. The Labute approximate surface area is 145 Å². The van der Waals surface area contributed by atoms with Gasteiger partial charge in [0.15, 0.2) is 11.5 Å². The third-order valence-corrected chi connectivity index (χ3v) is 4.69. The molecule has 126 valence electrons. The molecule has 0 radical (unpaired) electrons. The van der Waals surface area contributed by atoms with E-state index < -0.39 is 0 Å². The van der Waals surface area contributed by atoms with Gasteiger partial charge in [-0.15, -0.1) is 0 Å². The van der Waals surface area contributed by atoms with Gasteiger partial charge in [-0.2, -0.15) is 0 Å². The van der Waals surface area contributed by atoms with Gasteiger partial charge in [-0.3, -0.25) is 4.79 Å². The Kier molecular flexibility index (Phi) is 4.28. The summed E-state index contributed by atoms with van der Waals surface area (Å²) < 4.78 is 16.1. The van der Waals surface area contributed by atoms with Crippen LogP contribution in [0.2, 0.25) is 5.02 Å². The summed E-state index contributed by atoms with van der Waals surface area (Å²) in [6.45, 7) is 0. The fourth-order valence-electron chi connectivity index (χ4n) is 3.29. The number of benzene rings is 2. The molecule has 1 atom stereocenters. The molecular formula is C18H18ClNO4. The predicted molar refractivity (Wildman–Crippen MR) is 92.2 cm³/mol. The zero-order chi connectivity index (χ0) is 17.4. The number of nitrogens with two attached hydrogens (primary N) is 1. The van der Waals surface area contributed by atoms with Crippen LogP contribution >= 0.6 is 11.6 Å². The van der Waals surface area contributed by atoms with E-state index >= 15 is 0 Å². The second kappa shape index (κ2) is 6.24. The van der Waals surface area contributed by atoms with Gasteiger partial charge in [-0.25, -0.2) is 0 Å². The van der Waals surface area contributed by atoms with Crippen molar-refractivity contribution in [2.75, 3.05) is 21.3 Å². The lowest BCUT2D eigenvalue weighted by molar-refractivity contribution is -0.118. The van der Waals surface area contributed by atoms with Crippen LogP contribution in [0.1, 0.15) is 23.5 Å². The average Bonchev–Trinajstić information content (AvgIpc) is 2.87. The SMILES string of the molecule is COc1ccc2c(c1)C(CC(N)=O)c1cc(OC)c(OC)c(Cl)c1-2. The zero-order valence-electron chi connectivity index (χ0n) is 13.7. The smallest absolute Gasteiger partial charge is 0.218 e. The fraction of sp³-hybridized carbons (Fsp3) is 0.278. The van der Waals surface area contributed by atoms with Crippen molar-refractivity contribution < 1.29 is 19.0 Å². The van der Waals surface area contributed by atoms with Crippen molar-refractivity contribution in [3.05, 3.63) is 40.4 Å². The van der Waals surface area contributed by atoms with Gasteiger partial charge in [0.1, 0.15) is 5.75 Å². The van der Waals surface area contributed by atoms with Crippen molar-refractivity contribution in [1.82, 2.24) is 0 Å². The maximum Gasteiger partial charge on any atom is 0.218 e. The van der Waals surface area contributed by atoms with E-state index in [0.717, 1.165) is 22.3 Å². The van der Waals surface area contributed by atoms with E-state index in [0.29, 0.717) is 22.3 Å². The van der Waals surface area contributed by atoms with E-state index in [9.17, 15) is 4.79 Å². The molecule has 0 fully saturated rings. The Hall–Kier alpha value is -2.40. The van der Waals surface area contributed by atoms with E-state index in [-0.39, 0.29) is 18.2 Å². The number of primary amides is 1. The van der Waals surface area contributed by atoms with Crippen molar-refractivity contribution in [3.8, 4) is 28.4 Å². The highest BCUT2D eigenvalue weighted by Crippen LogP contribution is 2.55. The van der Waals surface area contributed by atoms with E-state index in [1.165, 1.54) is 0 Å². The topological polar surface area (TPSA) is 70.8 Å². The van der Waals surface area contributed by atoms with Gasteiger partial charge in [0.2, 0.25) is 5.91 Å². The molecule has 1 aliphatic carbocycles. The summed E-state index contributed by atoms with van der Waals surface area (Å²) in [4.78, 5) is 11.6. The van der Waals surface area contributed by atoms with Crippen molar-refractivity contribution in [2.45, 2.75) is 12.3 Å². The summed E-state index contributed by atoms with van der Waals surface area (Å²) in [6.07, 6.45) is 0.180. The van der Waals surface area contributed by atoms with Gasteiger partial charge in [-0.05, 0) is 34.9 Å². The first kappa shape index (κ1) is 16.5. The third kappa shape index (κ3) is 2.45. The monoisotopic (exact) mass is 347 g/mol. The standard InChI is InChI=1S/C18H18ClNO4/c1-22-9-4-5-10-11(6-9)12(8-15(20)21)13-7-14(23-2)18(24-3)17(19)16(10)13/h4-7,12H,8H2,1-3H3,(H2,20,21). The molecule has 1 aliphatic rings. The minimum Gasteiger partial charge on any atom is -0.497 e. The summed E-state index contributed by atoms with van der Waals surface area (Å²) in [5.41, 5.74) is 9.12. The molecule has 0 aromatic heterocycles. The van der Waals surface area contributed by atoms with Crippen molar-refractivity contribution in [3.63, 3.8) is 0 Å². The second-order valence-corrected chi connectivity index (χ2v) is 5.94. The molecule has 0 spiro atoms. The number of amides is 1. The highest BCUT2D eigenvalue weighted by atomic mass is 35.5. The number of rotatable bonds is 5. The Morgan fingerprint density at radius 2 is 1.88 bits per heavy atom. The summed E-state index contributed by atoms with van der Waals surface area (Å²) >= 11 is 6.59. The molecule has 1 unspecified atom stereocenters. The van der Waals surface area contributed by atoms with Crippen molar-refractivity contribution >= 4 is 17.5 Å². The zero-order valence-corrected chi connectivity index (χ0v) is 14.4. The van der Waals surface area contributed by atoms with Crippen LogP contribution in [0.3, 0.4) is 0 Å². The van der Waals surface area contributed by atoms with Crippen LogP contribution in [0, 0.1) is 0 Å². The Morgan fingerprint density at radius 1 is 1.12 bits per heavy atom. The first-order valence-corrected chi connectivity index (χ1v) is 7.80. The first-order valence-electron chi connectivity index (χ1n) is 7.42. The molecule has 3 rings (SSSR count). The van der Waals surface area contributed by atoms with E-state index in [1.807, 2.05) is 24.3 Å². The molecule has 2 N–H and O–H groups in total. The Balaban J connectivity index is 2.30. The van der Waals surface area contributed by atoms with E-state index in [4.69, 9.17) is 31.5 Å². The number of fused-ring (bicyclic) bond motifs is 3. The fourth-order valence-corrected chi connectivity index (χ4v) is 3.67. The summed E-state index contributed by atoms with van der Waals surface area (Å²) in [5, 5.41) is 0.463. The number of ether oxygens (including phenoxy) is 3. The van der Waals surface area contributed by atoms with Crippen LogP contribution in [0.15, 0.2) is 24.3 Å². The van der Waals surface area contributed by atoms with Gasteiger partial charge >= 0.3 is 0 Å². The summed E-state index contributed by atoms with van der Waals surface area (Å²) in [7, 11) is 4.70. The minimum atomic E-state index is -0.382. The molecule has 2 aromatic carbocycles. The quantitative estimate of drug-likeness (QED) is 0.900. The summed E-state index contributed by atoms with van der Waals surface area (Å²) in [6, 6.07) is 7.58. The van der Waals surface area contributed by atoms with Gasteiger partial charge in [0.25, 0.3) is 0 Å².